The Labute approximate surface area is 191 Å². The van der Waals surface area contributed by atoms with Crippen molar-refractivity contribution in [3.63, 3.8) is 0 Å². The molecule has 1 saturated heterocycles. The fourth-order valence-corrected chi connectivity index (χ4v) is 4.28. The van der Waals surface area contributed by atoms with Gasteiger partial charge in [-0.1, -0.05) is 40.7 Å². The van der Waals surface area contributed by atoms with Gasteiger partial charge in [0.05, 0.1) is 11.6 Å². The molecule has 0 saturated carbocycles. The normalized spacial score (nSPS) is 17.7. The summed E-state index contributed by atoms with van der Waals surface area (Å²) in [6, 6.07) is 13.1. The van der Waals surface area contributed by atoms with Crippen LogP contribution in [-0.2, 0) is 9.59 Å². The number of ether oxygens (including phenoxy) is 1. The van der Waals surface area contributed by atoms with Crippen molar-refractivity contribution in [3.8, 4) is 5.75 Å². The summed E-state index contributed by atoms with van der Waals surface area (Å²) in [5, 5.41) is 13.2. The first-order chi connectivity index (χ1) is 15.0. The molecule has 0 aliphatic carbocycles. The molecule has 1 aliphatic heterocycles. The number of hydrogen-bond donors (Lipinski definition) is 1. The van der Waals surface area contributed by atoms with Gasteiger partial charge >= 0.3 is 5.91 Å². The van der Waals surface area contributed by atoms with Crippen LogP contribution in [0.4, 0.5) is 5.13 Å². The Morgan fingerprint density at radius 1 is 1.19 bits per heavy atom. The van der Waals surface area contributed by atoms with Gasteiger partial charge in [0.25, 0.3) is 5.78 Å². The molecule has 6 nitrogen and oxygen atoms in total. The molecule has 8 heteroatoms. The second-order valence-electron chi connectivity index (χ2n) is 6.66. The Morgan fingerprint density at radius 3 is 2.52 bits per heavy atom. The van der Waals surface area contributed by atoms with Gasteiger partial charge < -0.3 is 9.84 Å². The number of hydrogen-bond acceptors (Lipinski definition) is 6. The number of amides is 1. The van der Waals surface area contributed by atoms with Crippen molar-refractivity contribution in [2.75, 3.05) is 11.5 Å². The smallest absolute Gasteiger partial charge is 0.301 e. The minimum atomic E-state index is -0.795. The molecule has 2 aromatic carbocycles. The van der Waals surface area contributed by atoms with Crippen LogP contribution in [0.25, 0.3) is 5.76 Å². The van der Waals surface area contributed by atoms with Crippen LogP contribution in [0.15, 0.2) is 82.8 Å². The highest BCUT2D eigenvalue weighted by Crippen LogP contribution is 2.42. The Kier molecular flexibility index (Phi) is 6.01. The summed E-state index contributed by atoms with van der Waals surface area (Å²) >= 11 is 4.65. The summed E-state index contributed by atoms with van der Waals surface area (Å²) in [6.45, 7) is 3.96. The van der Waals surface area contributed by atoms with Crippen LogP contribution in [-0.4, -0.2) is 28.4 Å². The highest BCUT2D eigenvalue weighted by atomic mass is 79.9. The monoisotopic (exact) mass is 496 g/mol. The third-order valence-corrected chi connectivity index (χ3v) is 6.05. The first-order valence-corrected chi connectivity index (χ1v) is 11.0. The first kappa shape index (κ1) is 21.0. The summed E-state index contributed by atoms with van der Waals surface area (Å²) in [7, 11) is 0. The number of Topliss-reactive ketones (excluding diaryl/α,β-unsaturated/α-hetero) is 1. The highest BCUT2D eigenvalue weighted by Gasteiger charge is 2.47. The van der Waals surface area contributed by atoms with Crippen LogP contribution in [0, 0.1) is 0 Å². The lowest BCUT2D eigenvalue weighted by Gasteiger charge is -2.23. The zero-order chi connectivity index (χ0) is 22.0. The minimum absolute atomic E-state index is 0.0160. The van der Waals surface area contributed by atoms with E-state index in [4.69, 9.17) is 4.74 Å². The van der Waals surface area contributed by atoms with Gasteiger partial charge in [0, 0.05) is 21.6 Å². The predicted octanol–water partition coefficient (Wildman–Crippen LogP) is 5.10. The molecule has 1 aromatic heterocycles. The quantitative estimate of drug-likeness (QED) is 0.222. The summed E-state index contributed by atoms with van der Waals surface area (Å²) in [5.74, 6) is -1.13. The largest absolute Gasteiger partial charge is 0.507 e. The average molecular weight is 497 g/mol. The van der Waals surface area contributed by atoms with E-state index < -0.39 is 17.7 Å². The van der Waals surface area contributed by atoms with Crippen LogP contribution < -0.4 is 9.64 Å². The zero-order valence-electron chi connectivity index (χ0n) is 16.2. The highest BCUT2D eigenvalue weighted by molar-refractivity contribution is 9.10. The van der Waals surface area contributed by atoms with E-state index >= 15 is 0 Å². The number of benzene rings is 2. The zero-order valence-corrected chi connectivity index (χ0v) is 18.6. The van der Waals surface area contributed by atoms with E-state index in [9.17, 15) is 14.7 Å². The number of aliphatic hydroxyl groups is 1. The number of rotatable bonds is 6. The van der Waals surface area contributed by atoms with Crippen LogP contribution in [0.5, 0.6) is 5.75 Å². The van der Waals surface area contributed by atoms with E-state index in [1.165, 1.54) is 16.2 Å². The van der Waals surface area contributed by atoms with Crippen molar-refractivity contribution in [2.45, 2.75) is 6.04 Å². The summed E-state index contributed by atoms with van der Waals surface area (Å²) in [5.41, 5.74) is 1.11. The van der Waals surface area contributed by atoms with E-state index in [1.807, 2.05) is 12.1 Å². The fourth-order valence-electron chi connectivity index (χ4n) is 3.34. The summed E-state index contributed by atoms with van der Waals surface area (Å²) in [6.07, 6.45) is 3.20. The van der Waals surface area contributed by atoms with Gasteiger partial charge in [0.1, 0.15) is 18.1 Å². The fraction of sp³-hybridized carbons (Fsp3) is 0.0870. The number of thiazole rings is 1. The van der Waals surface area contributed by atoms with Gasteiger partial charge in [0.15, 0.2) is 5.13 Å². The van der Waals surface area contributed by atoms with Crippen molar-refractivity contribution < 1.29 is 19.4 Å². The van der Waals surface area contributed by atoms with E-state index in [0.29, 0.717) is 28.6 Å². The molecule has 1 amide bonds. The number of carbonyl (C=O) groups is 2. The molecule has 4 rings (SSSR count). The summed E-state index contributed by atoms with van der Waals surface area (Å²) in [4.78, 5) is 31.5. The van der Waals surface area contributed by atoms with E-state index in [2.05, 4.69) is 27.5 Å². The molecule has 31 heavy (non-hydrogen) atoms. The van der Waals surface area contributed by atoms with Gasteiger partial charge in [-0.15, -0.1) is 11.3 Å². The van der Waals surface area contributed by atoms with Crippen LogP contribution in [0.2, 0.25) is 0 Å². The molecular weight excluding hydrogens is 480 g/mol. The van der Waals surface area contributed by atoms with Crippen molar-refractivity contribution in [2.24, 2.45) is 0 Å². The Bertz CT molecular complexity index is 1160. The molecule has 2 heterocycles. The molecule has 0 bridgehead atoms. The van der Waals surface area contributed by atoms with Gasteiger partial charge in [-0.25, -0.2) is 4.98 Å². The second-order valence-corrected chi connectivity index (χ2v) is 8.45. The number of halogens is 1. The van der Waals surface area contributed by atoms with Crippen LogP contribution in [0.1, 0.15) is 17.2 Å². The van der Waals surface area contributed by atoms with Crippen LogP contribution in [0.3, 0.4) is 0 Å². The van der Waals surface area contributed by atoms with E-state index in [-0.39, 0.29) is 11.3 Å². The number of aliphatic hydroxyl groups excluding tert-OH is 1. The van der Waals surface area contributed by atoms with Crippen molar-refractivity contribution in [1.29, 1.82) is 0 Å². The molecule has 1 unspecified atom stereocenters. The Hall–Kier alpha value is -3.23. The Morgan fingerprint density at radius 2 is 1.90 bits per heavy atom. The number of nitrogens with zero attached hydrogens (tertiary/aromatic N) is 2. The van der Waals surface area contributed by atoms with Gasteiger partial charge in [-0.2, -0.15) is 0 Å². The van der Waals surface area contributed by atoms with Crippen LogP contribution >= 0.6 is 27.3 Å². The topological polar surface area (TPSA) is 79.7 Å². The van der Waals surface area contributed by atoms with Crippen molar-refractivity contribution in [1.82, 2.24) is 4.98 Å². The average Bonchev–Trinajstić information content (AvgIpc) is 3.40. The maximum atomic E-state index is 13.0. The number of aromatic nitrogens is 1. The maximum absolute atomic E-state index is 13.0. The second kappa shape index (κ2) is 8.87. The third-order valence-electron chi connectivity index (χ3n) is 4.75. The molecular formula is C23H17BrN2O4S. The SMILES string of the molecule is C=CCOc1ccc(C(O)=C2C(=O)C(=O)N(c3nccs3)C2c2ccc(Br)cc2)cc1. The van der Waals surface area contributed by atoms with Gasteiger partial charge in [-0.05, 0) is 42.0 Å². The summed E-state index contributed by atoms with van der Waals surface area (Å²) < 4.78 is 6.32. The van der Waals surface area contributed by atoms with Crippen molar-refractivity contribution >= 4 is 49.8 Å². The Balaban J connectivity index is 1.83. The molecule has 1 fully saturated rings. The lowest BCUT2D eigenvalue weighted by Crippen LogP contribution is -2.29. The molecule has 1 aliphatic rings. The van der Waals surface area contributed by atoms with Crippen molar-refractivity contribution in [3.05, 3.63) is 93.9 Å². The molecule has 0 spiro atoms. The lowest BCUT2D eigenvalue weighted by atomic mass is 9.95. The van der Waals surface area contributed by atoms with E-state index in [1.54, 1.807) is 54.1 Å². The minimum Gasteiger partial charge on any atom is -0.507 e. The molecule has 156 valence electrons. The first-order valence-electron chi connectivity index (χ1n) is 9.31. The standard InChI is InChI=1S/C23H17BrN2O4S/c1-2-12-30-17-9-5-15(6-10-17)20(27)18-19(14-3-7-16(24)8-4-14)26(22(29)21(18)28)23-25-11-13-31-23/h2-11,13,19,27H,1,12H2. The predicted molar refractivity (Wildman–Crippen MR) is 123 cm³/mol. The van der Waals surface area contributed by atoms with Gasteiger partial charge in [-0.3, -0.25) is 14.5 Å². The number of carbonyl (C=O) groups excluding carboxylic acids is 2. The third kappa shape index (κ3) is 4.04. The molecule has 3 aromatic rings. The van der Waals surface area contributed by atoms with E-state index in [0.717, 1.165) is 4.47 Å². The van der Waals surface area contributed by atoms with Gasteiger partial charge in [0.2, 0.25) is 0 Å². The molecule has 1 N–H and O–H groups in total. The lowest BCUT2D eigenvalue weighted by molar-refractivity contribution is -0.132. The maximum Gasteiger partial charge on any atom is 0.301 e. The number of ketones is 1. The molecule has 1 atom stereocenters. The molecule has 0 radical (unpaired) electrons. The number of anilines is 1.